The largest absolute Gasteiger partial charge is 0.483 e. The van der Waals surface area contributed by atoms with Gasteiger partial charge in [-0.25, -0.2) is 0 Å². The lowest BCUT2D eigenvalue weighted by atomic mass is 10.0. The van der Waals surface area contributed by atoms with Gasteiger partial charge in [-0.2, -0.15) is 0 Å². The zero-order valence-corrected chi connectivity index (χ0v) is 9.62. The minimum Gasteiger partial charge on any atom is -0.483 e. The first-order chi connectivity index (χ1) is 6.69. The van der Waals surface area contributed by atoms with Crippen LogP contribution in [0.1, 0.15) is 30.4 Å². The van der Waals surface area contributed by atoms with E-state index in [0.29, 0.717) is 0 Å². The SMILES string of the molecule is CC1CCc2cc(Br)ccc21.O=CO. The van der Waals surface area contributed by atoms with Crippen molar-refractivity contribution in [2.75, 3.05) is 0 Å². The van der Waals surface area contributed by atoms with Crippen molar-refractivity contribution in [1.29, 1.82) is 0 Å². The third kappa shape index (κ3) is 2.58. The minimum absolute atomic E-state index is 0.250. The normalized spacial score (nSPS) is 18.0. The fourth-order valence-corrected chi connectivity index (χ4v) is 2.21. The van der Waals surface area contributed by atoms with Gasteiger partial charge in [0.2, 0.25) is 0 Å². The van der Waals surface area contributed by atoms with Crippen LogP contribution in [0.3, 0.4) is 0 Å². The number of carbonyl (C=O) groups is 1. The Hall–Kier alpha value is -0.830. The van der Waals surface area contributed by atoms with E-state index in [-0.39, 0.29) is 6.47 Å². The van der Waals surface area contributed by atoms with Crippen molar-refractivity contribution < 1.29 is 9.90 Å². The molecule has 3 heteroatoms. The van der Waals surface area contributed by atoms with Gasteiger partial charge in [0, 0.05) is 4.47 Å². The molecule has 0 fully saturated rings. The van der Waals surface area contributed by atoms with Gasteiger partial charge in [0.1, 0.15) is 0 Å². The number of rotatable bonds is 0. The van der Waals surface area contributed by atoms with Gasteiger partial charge < -0.3 is 5.11 Å². The van der Waals surface area contributed by atoms with Crippen molar-refractivity contribution in [2.24, 2.45) is 0 Å². The van der Waals surface area contributed by atoms with Crippen molar-refractivity contribution in [1.82, 2.24) is 0 Å². The second-order valence-electron chi connectivity index (χ2n) is 3.39. The number of aryl methyl sites for hydroxylation is 1. The maximum atomic E-state index is 8.36. The summed E-state index contributed by atoms with van der Waals surface area (Å²) in [6.45, 7) is 2.06. The summed E-state index contributed by atoms with van der Waals surface area (Å²) < 4.78 is 1.21. The lowest BCUT2D eigenvalue weighted by Gasteiger charge is -2.03. The van der Waals surface area contributed by atoms with Gasteiger partial charge in [-0.1, -0.05) is 28.9 Å². The Kier molecular flexibility index (Phi) is 4.14. The van der Waals surface area contributed by atoms with E-state index < -0.39 is 0 Å². The van der Waals surface area contributed by atoms with E-state index in [1.807, 2.05) is 0 Å². The Balaban J connectivity index is 0.000000293. The molecule has 0 spiro atoms. The molecular formula is C11H13BrO2. The second kappa shape index (κ2) is 5.15. The van der Waals surface area contributed by atoms with Gasteiger partial charge >= 0.3 is 0 Å². The molecule has 0 aromatic heterocycles. The zero-order chi connectivity index (χ0) is 10.6. The second-order valence-corrected chi connectivity index (χ2v) is 4.30. The van der Waals surface area contributed by atoms with Crippen molar-refractivity contribution in [3.8, 4) is 0 Å². The molecule has 1 unspecified atom stereocenters. The summed E-state index contributed by atoms with van der Waals surface area (Å²) in [7, 11) is 0. The van der Waals surface area contributed by atoms with Crippen LogP contribution >= 0.6 is 15.9 Å². The van der Waals surface area contributed by atoms with Crippen LogP contribution in [0.5, 0.6) is 0 Å². The van der Waals surface area contributed by atoms with Crippen molar-refractivity contribution in [2.45, 2.75) is 25.7 Å². The van der Waals surface area contributed by atoms with Crippen LogP contribution in [0.15, 0.2) is 22.7 Å². The lowest BCUT2D eigenvalue weighted by Crippen LogP contribution is -1.84. The first-order valence-electron chi connectivity index (χ1n) is 4.55. The van der Waals surface area contributed by atoms with Crippen molar-refractivity contribution in [3.05, 3.63) is 33.8 Å². The van der Waals surface area contributed by atoms with E-state index in [1.54, 1.807) is 5.56 Å². The summed E-state index contributed by atoms with van der Waals surface area (Å²) in [5.74, 6) is 0.776. The fraction of sp³-hybridized carbons (Fsp3) is 0.364. The molecule has 76 valence electrons. The molecule has 0 saturated carbocycles. The quantitative estimate of drug-likeness (QED) is 0.724. The fourth-order valence-electron chi connectivity index (χ4n) is 1.80. The topological polar surface area (TPSA) is 37.3 Å². The summed E-state index contributed by atoms with van der Waals surface area (Å²) >= 11 is 3.48. The van der Waals surface area contributed by atoms with Gasteiger partial charge in [0.15, 0.2) is 0 Å². The number of halogens is 1. The van der Waals surface area contributed by atoms with Gasteiger partial charge in [0.05, 0.1) is 0 Å². The third-order valence-corrected chi connectivity index (χ3v) is 2.98. The Morgan fingerprint density at radius 2 is 2.21 bits per heavy atom. The smallest absolute Gasteiger partial charge is 0.290 e. The number of hydrogen-bond donors (Lipinski definition) is 1. The van der Waals surface area contributed by atoms with E-state index in [1.165, 1.54) is 22.9 Å². The highest BCUT2D eigenvalue weighted by atomic mass is 79.9. The Labute approximate surface area is 92.1 Å². The molecule has 14 heavy (non-hydrogen) atoms. The molecule has 1 N–H and O–H groups in total. The number of carboxylic acid groups (broad SMARTS) is 1. The summed E-state index contributed by atoms with van der Waals surface area (Å²) in [6.07, 6.45) is 2.59. The molecule has 1 aromatic rings. The number of benzene rings is 1. The molecule has 1 aliphatic rings. The van der Waals surface area contributed by atoms with Crippen molar-refractivity contribution >= 4 is 22.4 Å². The van der Waals surface area contributed by atoms with E-state index >= 15 is 0 Å². The molecule has 2 rings (SSSR count). The Morgan fingerprint density at radius 3 is 2.86 bits per heavy atom. The molecule has 0 aliphatic heterocycles. The summed E-state index contributed by atoms with van der Waals surface area (Å²) in [4.78, 5) is 8.36. The standard InChI is InChI=1S/C10H11Br.CH2O2/c1-7-2-3-8-6-9(11)4-5-10(7)8;2-1-3/h4-7H,2-3H2,1H3;1H,(H,2,3). The summed E-state index contributed by atoms with van der Waals surface area (Å²) in [5, 5.41) is 6.89. The predicted molar refractivity (Wildman–Crippen MR) is 59.6 cm³/mol. The van der Waals surface area contributed by atoms with Gasteiger partial charge in [-0.15, -0.1) is 0 Å². The number of fused-ring (bicyclic) bond motifs is 1. The highest BCUT2D eigenvalue weighted by molar-refractivity contribution is 9.10. The van der Waals surface area contributed by atoms with Crippen LogP contribution < -0.4 is 0 Å². The molecular weight excluding hydrogens is 244 g/mol. The van der Waals surface area contributed by atoms with Crippen LogP contribution in [0.25, 0.3) is 0 Å². The number of hydrogen-bond acceptors (Lipinski definition) is 1. The zero-order valence-electron chi connectivity index (χ0n) is 8.03. The molecule has 2 nitrogen and oxygen atoms in total. The van der Waals surface area contributed by atoms with Crippen LogP contribution in [-0.4, -0.2) is 11.6 Å². The maximum Gasteiger partial charge on any atom is 0.290 e. The van der Waals surface area contributed by atoms with Gasteiger partial charge in [-0.05, 0) is 42.0 Å². The molecule has 0 bridgehead atoms. The van der Waals surface area contributed by atoms with E-state index in [9.17, 15) is 0 Å². The van der Waals surface area contributed by atoms with E-state index in [2.05, 4.69) is 41.1 Å². The first-order valence-corrected chi connectivity index (χ1v) is 5.34. The third-order valence-electron chi connectivity index (χ3n) is 2.48. The molecule has 1 aliphatic carbocycles. The van der Waals surface area contributed by atoms with Gasteiger partial charge in [0.25, 0.3) is 6.47 Å². The molecule has 0 radical (unpaired) electrons. The average Bonchev–Trinajstić information content (AvgIpc) is 2.49. The molecule has 0 heterocycles. The van der Waals surface area contributed by atoms with Crippen LogP contribution in [-0.2, 0) is 11.2 Å². The van der Waals surface area contributed by atoms with E-state index in [0.717, 1.165) is 5.92 Å². The first kappa shape index (κ1) is 11.2. The maximum absolute atomic E-state index is 8.36. The monoisotopic (exact) mass is 256 g/mol. The van der Waals surface area contributed by atoms with Gasteiger partial charge in [-0.3, -0.25) is 4.79 Å². The molecule has 0 saturated heterocycles. The van der Waals surface area contributed by atoms with Crippen LogP contribution in [0.4, 0.5) is 0 Å². The van der Waals surface area contributed by atoms with Crippen LogP contribution in [0.2, 0.25) is 0 Å². The summed E-state index contributed by atoms with van der Waals surface area (Å²) in [6, 6.07) is 6.64. The lowest BCUT2D eigenvalue weighted by molar-refractivity contribution is -0.122. The highest BCUT2D eigenvalue weighted by Crippen LogP contribution is 2.33. The average molecular weight is 257 g/mol. The molecule has 1 aromatic carbocycles. The Bertz CT molecular complexity index is 323. The van der Waals surface area contributed by atoms with E-state index in [4.69, 9.17) is 9.90 Å². The molecule has 1 atom stereocenters. The summed E-state index contributed by atoms with van der Waals surface area (Å²) in [5.41, 5.74) is 3.08. The van der Waals surface area contributed by atoms with Crippen LogP contribution in [0, 0.1) is 0 Å². The minimum atomic E-state index is -0.250. The Morgan fingerprint density at radius 1 is 1.57 bits per heavy atom. The highest BCUT2D eigenvalue weighted by Gasteiger charge is 2.17. The van der Waals surface area contributed by atoms with Crippen molar-refractivity contribution in [3.63, 3.8) is 0 Å². The predicted octanol–water partition coefficient (Wildman–Crippen LogP) is 3.20. The molecule has 0 amide bonds.